The molecule has 0 unspecified atom stereocenters. The number of likely N-dealkylation sites (tertiary alicyclic amines) is 1. The van der Waals surface area contributed by atoms with Gasteiger partial charge in [-0.3, -0.25) is 4.90 Å². The molecule has 1 aromatic carbocycles. The fourth-order valence-electron chi connectivity index (χ4n) is 2.73. The molecule has 1 aromatic rings. The Bertz CT molecular complexity index is 386. The van der Waals surface area contributed by atoms with Crippen molar-refractivity contribution in [3.63, 3.8) is 0 Å². The molecule has 3 nitrogen and oxygen atoms in total. The lowest BCUT2D eigenvalue weighted by molar-refractivity contribution is 0.216. The molecule has 0 aliphatic carbocycles. The molecule has 1 saturated heterocycles. The number of hydrogen-bond donors (Lipinski definition) is 1. The molecule has 19 heavy (non-hydrogen) atoms. The van der Waals surface area contributed by atoms with Crippen molar-refractivity contribution in [1.29, 1.82) is 0 Å². The van der Waals surface area contributed by atoms with E-state index < -0.39 is 0 Å². The highest BCUT2D eigenvalue weighted by Crippen LogP contribution is 2.23. The predicted octanol–water partition coefficient (Wildman–Crippen LogP) is 2.57. The number of rotatable bonds is 6. The first-order valence-electron chi connectivity index (χ1n) is 7.50. The molecule has 0 aromatic heterocycles. The third-order valence-electron chi connectivity index (χ3n) is 3.70. The number of nitrogens with zero attached hydrogens (tertiary/aromatic N) is 1. The van der Waals surface area contributed by atoms with Gasteiger partial charge in [-0.25, -0.2) is 0 Å². The molecule has 0 saturated carbocycles. The quantitative estimate of drug-likeness (QED) is 0.856. The summed E-state index contributed by atoms with van der Waals surface area (Å²) >= 11 is 0. The third-order valence-corrected chi connectivity index (χ3v) is 3.70. The fourth-order valence-corrected chi connectivity index (χ4v) is 2.73. The van der Waals surface area contributed by atoms with E-state index in [1.165, 1.54) is 43.5 Å². The zero-order valence-corrected chi connectivity index (χ0v) is 12.0. The van der Waals surface area contributed by atoms with Crippen LogP contribution in [0.1, 0.15) is 37.3 Å². The molecule has 2 N–H and O–H groups in total. The summed E-state index contributed by atoms with van der Waals surface area (Å²) in [5, 5.41) is 0. The maximum absolute atomic E-state index is 5.75. The second-order valence-electron chi connectivity index (χ2n) is 5.25. The first-order valence-corrected chi connectivity index (χ1v) is 7.50. The van der Waals surface area contributed by atoms with Crippen LogP contribution in [0.3, 0.4) is 0 Å². The molecule has 1 heterocycles. The van der Waals surface area contributed by atoms with Gasteiger partial charge in [0.1, 0.15) is 5.75 Å². The number of piperidine rings is 1. The SMILES string of the molecule is CCOc1ccc(CCN)cc1CN1CCCCC1. The highest BCUT2D eigenvalue weighted by atomic mass is 16.5. The molecule has 0 bridgehead atoms. The zero-order valence-electron chi connectivity index (χ0n) is 12.0. The average Bonchev–Trinajstić information content (AvgIpc) is 2.43. The van der Waals surface area contributed by atoms with Gasteiger partial charge in [0.05, 0.1) is 6.61 Å². The second kappa shape index (κ2) is 7.51. The van der Waals surface area contributed by atoms with E-state index in [4.69, 9.17) is 10.5 Å². The van der Waals surface area contributed by atoms with Crippen LogP contribution in [-0.4, -0.2) is 31.1 Å². The molecular formula is C16H26N2O. The smallest absolute Gasteiger partial charge is 0.123 e. The highest BCUT2D eigenvalue weighted by molar-refractivity contribution is 5.37. The molecule has 0 amide bonds. The van der Waals surface area contributed by atoms with Gasteiger partial charge in [0.25, 0.3) is 0 Å². The van der Waals surface area contributed by atoms with Crippen LogP contribution in [0.2, 0.25) is 0 Å². The van der Waals surface area contributed by atoms with Crippen LogP contribution in [0.25, 0.3) is 0 Å². The van der Waals surface area contributed by atoms with E-state index >= 15 is 0 Å². The minimum absolute atomic E-state index is 0.705. The van der Waals surface area contributed by atoms with E-state index in [1.54, 1.807) is 0 Å². The molecule has 0 spiro atoms. The molecule has 1 aliphatic heterocycles. The predicted molar refractivity (Wildman–Crippen MR) is 79.5 cm³/mol. The van der Waals surface area contributed by atoms with Gasteiger partial charge in [0.2, 0.25) is 0 Å². The maximum Gasteiger partial charge on any atom is 0.123 e. The van der Waals surface area contributed by atoms with Crippen LogP contribution in [0.5, 0.6) is 5.75 Å². The normalized spacial score (nSPS) is 16.5. The Balaban J connectivity index is 2.11. The Labute approximate surface area is 116 Å². The molecule has 106 valence electrons. The number of ether oxygens (including phenoxy) is 1. The van der Waals surface area contributed by atoms with Crippen molar-refractivity contribution in [1.82, 2.24) is 4.90 Å². The Hall–Kier alpha value is -1.06. The van der Waals surface area contributed by atoms with E-state index in [-0.39, 0.29) is 0 Å². The summed E-state index contributed by atoms with van der Waals surface area (Å²) < 4.78 is 5.75. The largest absolute Gasteiger partial charge is 0.494 e. The standard InChI is InChI=1S/C16H26N2O/c1-2-19-16-7-6-14(8-9-17)12-15(16)13-18-10-4-3-5-11-18/h6-7,12H,2-5,8-11,13,17H2,1H3. The topological polar surface area (TPSA) is 38.5 Å². The van der Waals surface area contributed by atoms with E-state index in [0.717, 1.165) is 25.3 Å². The van der Waals surface area contributed by atoms with E-state index in [0.29, 0.717) is 6.54 Å². The van der Waals surface area contributed by atoms with Crippen LogP contribution in [0, 0.1) is 0 Å². The van der Waals surface area contributed by atoms with Crippen LogP contribution in [0.15, 0.2) is 18.2 Å². The fraction of sp³-hybridized carbons (Fsp3) is 0.625. The molecular weight excluding hydrogens is 236 g/mol. The number of benzene rings is 1. The lowest BCUT2D eigenvalue weighted by Crippen LogP contribution is -2.29. The number of hydrogen-bond acceptors (Lipinski definition) is 3. The Morgan fingerprint density at radius 3 is 2.68 bits per heavy atom. The van der Waals surface area contributed by atoms with Crippen molar-refractivity contribution >= 4 is 0 Å². The van der Waals surface area contributed by atoms with E-state index in [2.05, 4.69) is 23.1 Å². The van der Waals surface area contributed by atoms with Crippen LogP contribution >= 0.6 is 0 Å². The van der Waals surface area contributed by atoms with Crippen molar-refractivity contribution in [2.24, 2.45) is 5.73 Å². The Morgan fingerprint density at radius 1 is 1.21 bits per heavy atom. The van der Waals surface area contributed by atoms with E-state index in [1.807, 2.05) is 6.92 Å². The lowest BCUT2D eigenvalue weighted by Gasteiger charge is -2.27. The van der Waals surface area contributed by atoms with Gasteiger partial charge < -0.3 is 10.5 Å². The van der Waals surface area contributed by atoms with Gasteiger partial charge >= 0.3 is 0 Å². The zero-order chi connectivity index (χ0) is 13.5. The molecule has 1 fully saturated rings. The molecule has 0 radical (unpaired) electrons. The minimum atomic E-state index is 0.705. The summed E-state index contributed by atoms with van der Waals surface area (Å²) in [6.07, 6.45) is 4.97. The summed E-state index contributed by atoms with van der Waals surface area (Å²) in [5.41, 5.74) is 8.28. The first-order chi connectivity index (χ1) is 9.33. The Kier molecular flexibility index (Phi) is 5.67. The van der Waals surface area contributed by atoms with Crippen LogP contribution < -0.4 is 10.5 Å². The summed E-state index contributed by atoms with van der Waals surface area (Å²) in [6.45, 7) is 6.91. The van der Waals surface area contributed by atoms with Crippen molar-refractivity contribution in [2.45, 2.75) is 39.2 Å². The molecule has 2 rings (SSSR count). The molecule has 3 heteroatoms. The average molecular weight is 262 g/mol. The van der Waals surface area contributed by atoms with E-state index in [9.17, 15) is 0 Å². The van der Waals surface area contributed by atoms with Gasteiger partial charge in [-0.05, 0) is 57.5 Å². The monoisotopic (exact) mass is 262 g/mol. The lowest BCUT2D eigenvalue weighted by atomic mass is 10.0. The summed E-state index contributed by atoms with van der Waals surface area (Å²) in [6, 6.07) is 6.51. The van der Waals surface area contributed by atoms with Crippen LogP contribution in [0.4, 0.5) is 0 Å². The van der Waals surface area contributed by atoms with Gasteiger partial charge in [-0.1, -0.05) is 18.6 Å². The summed E-state index contributed by atoms with van der Waals surface area (Å²) in [7, 11) is 0. The third kappa shape index (κ3) is 4.22. The van der Waals surface area contributed by atoms with Gasteiger partial charge in [-0.2, -0.15) is 0 Å². The summed E-state index contributed by atoms with van der Waals surface area (Å²) in [5.74, 6) is 1.04. The number of nitrogens with two attached hydrogens (primary N) is 1. The molecule has 1 aliphatic rings. The Morgan fingerprint density at radius 2 is 2.00 bits per heavy atom. The molecule has 0 atom stereocenters. The van der Waals surface area contributed by atoms with Crippen molar-refractivity contribution in [2.75, 3.05) is 26.2 Å². The highest BCUT2D eigenvalue weighted by Gasteiger charge is 2.13. The van der Waals surface area contributed by atoms with Crippen molar-refractivity contribution < 1.29 is 4.74 Å². The van der Waals surface area contributed by atoms with Crippen molar-refractivity contribution in [3.05, 3.63) is 29.3 Å². The second-order valence-corrected chi connectivity index (χ2v) is 5.25. The minimum Gasteiger partial charge on any atom is -0.494 e. The summed E-state index contributed by atoms with van der Waals surface area (Å²) in [4.78, 5) is 2.54. The van der Waals surface area contributed by atoms with Gasteiger partial charge in [0.15, 0.2) is 0 Å². The van der Waals surface area contributed by atoms with Crippen molar-refractivity contribution in [3.8, 4) is 5.75 Å². The van der Waals surface area contributed by atoms with Crippen LogP contribution in [-0.2, 0) is 13.0 Å². The first kappa shape index (κ1) is 14.4. The van der Waals surface area contributed by atoms with Gasteiger partial charge in [-0.15, -0.1) is 0 Å². The maximum atomic E-state index is 5.75. The van der Waals surface area contributed by atoms with Gasteiger partial charge in [0, 0.05) is 12.1 Å².